The van der Waals surface area contributed by atoms with E-state index in [9.17, 15) is 9.59 Å². The highest BCUT2D eigenvalue weighted by atomic mass is 35.5. The number of rotatable bonds is 4. The number of carbonyl (C=O) groups excluding carboxylic acids is 1. The van der Waals surface area contributed by atoms with E-state index in [0.29, 0.717) is 22.1 Å². The number of tetrazole rings is 1. The van der Waals surface area contributed by atoms with Crippen molar-refractivity contribution in [2.75, 3.05) is 5.32 Å². The van der Waals surface area contributed by atoms with Crippen molar-refractivity contribution in [2.45, 2.75) is 0 Å². The number of carbonyl (C=O) groups is 1. The maximum absolute atomic E-state index is 12.6. The molecular weight excluding hydrogens is 382 g/mol. The molecule has 138 valence electrons. The second kappa shape index (κ2) is 7.41. The molecule has 1 N–H and O–H groups in total. The summed E-state index contributed by atoms with van der Waals surface area (Å²) in [4.78, 5) is 24.8. The normalized spacial score (nSPS) is 10.6. The molecule has 0 radical (unpaired) electrons. The second-order valence-corrected chi connectivity index (χ2v) is 6.14. The van der Waals surface area contributed by atoms with Crippen LogP contribution in [0.15, 0.2) is 71.9 Å². The van der Waals surface area contributed by atoms with Gasteiger partial charge in [0, 0.05) is 23.0 Å². The Kier molecular flexibility index (Phi) is 4.65. The number of benzene rings is 2. The summed E-state index contributed by atoms with van der Waals surface area (Å²) in [5.41, 5.74) is 1.08. The molecule has 9 nitrogen and oxygen atoms in total. The molecule has 2 aromatic heterocycles. The van der Waals surface area contributed by atoms with Crippen molar-refractivity contribution in [1.82, 2.24) is 30.0 Å². The lowest BCUT2D eigenvalue weighted by Gasteiger charge is -2.09. The zero-order valence-electron chi connectivity index (χ0n) is 14.2. The lowest BCUT2D eigenvalue weighted by atomic mass is 10.2. The molecule has 0 unspecified atom stereocenters. The average molecular weight is 394 g/mol. The topological polar surface area (TPSA) is 108 Å². The average Bonchev–Trinajstić information content (AvgIpc) is 3.24. The van der Waals surface area contributed by atoms with E-state index in [-0.39, 0.29) is 5.69 Å². The van der Waals surface area contributed by atoms with Gasteiger partial charge < -0.3 is 5.32 Å². The summed E-state index contributed by atoms with van der Waals surface area (Å²) < 4.78 is 2.88. The summed E-state index contributed by atoms with van der Waals surface area (Å²) in [6.07, 6.45) is 2.92. The van der Waals surface area contributed by atoms with Gasteiger partial charge in [-0.15, -0.1) is 5.10 Å². The highest BCUT2D eigenvalue weighted by Gasteiger charge is 2.14. The lowest BCUT2D eigenvalue weighted by molar-refractivity contribution is 0.101. The fourth-order valence-electron chi connectivity index (χ4n) is 2.50. The lowest BCUT2D eigenvalue weighted by Crippen LogP contribution is -2.25. The SMILES string of the molecule is O=C(Nc1cccc(-n2cnnn2)c1)c1nn(-c2ccc(Cl)cc2)ccc1=O. The number of nitrogens with zero attached hydrogens (tertiary/aromatic N) is 6. The Labute approximate surface area is 163 Å². The van der Waals surface area contributed by atoms with Gasteiger partial charge in [0.05, 0.1) is 11.4 Å². The summed E-state index contributed by atoms with van der Waals surface area (Å²) in [5.74, 6) is -0.623. The van der Waals surface area contributed by atoms with Gasteiger partial charge in [-0.25, -0.2) is 9.36 Å². The van der Waals surface area contributed by atoms with Crippen LogP contribution in [0.4, 0.5) is 5.69 Å². The number of halogens is 1. The van der Waals surface area contributed by atoms with E-state index in [1.807, 2.05) is 0 Å². The van der Waals surface area contributed by atoms with Crippen molar-refractivity contribution >= 4 is 23.2 Å². The van der Waals surface area contributed by atoms with Gasteiger partial charge in [0.2, 0.25) is 5.43 Å². The highest BCUT2D eigenvalue weighted by Crippen LogP contribution is 2.15. The summed E-state index contributed by atoms with van der Waals surface area (Å²) in [6.45, 7) is 0. The Balaban J connectivity index is 1.62. The third-order valence-corrected chi connectivity index (χ3v) is 4.08. The van der Waals surface area contributed by atoms with Gasteiger partial charge in [-0.1, -0.05) is 17.7 Å². The minimum absolute atomic E-state index is 0.231. The van der Waals surface area contributed by atoms with Crippen LogP contribution in [0.3, 0.4) is 0 Å². The van der Waals surface area contributed by atoms with Crippen molar-refractivity contribution in [1.29, 1.82) is 0 Å². The zero-order valence-corrected chi connectivity index (χ0v) is 15.0. The maximum Gasteiger partial charge on any atom is 0.280 e. The monoisotopic (exact) mass is 393 g/mol. The van der Waals surface area contributed by atoms with Crippen molar-refractivity contribution in [2.24, 2.45) is 0 Å². The molecule has 0 bridgehead atoms. The maximum atomic E-state index is 12.6. The zero-order chi connectivity index (χ0) is 19.5. The summed E-state index contributed by atoms with van der Waals surface area (Å²) in [6, 6.07) is 15.0. The van der Waals surface area contributed by atoms with Gasteiger partial charge in [-0.05, 0) is 52.9 Å². The molecule has 2 aromatic carbocycles. The van der Waals surface area contributed by atoms with Crippen LogP contribution in [-0.4, -0.2) is 35.9 Å². The molecule has 10 heteroatoms. The third-order valence-electron chi connectivity index (χ3n) is 3.83. The van der Waals surface area contributed by atoms with Gasteiger partial charge in [0.15, 0.2) is 5.69 Å². The first-order valence-corrected chi connectivity index (χ1v) is 8.49. The molecule has 0 aliphatic rings. The second-order valence-electron chi connectivity index (χ2n) is 5.71. The number of amides is 1. The van der Waals surface area contributed by atoms with Crippen molar-refractivity contribution < 1.29 is 4.79 Å². The van der Waals surface area contributed by atoms with Crippen LogP contribution >= 0.6 is 11.6 Å². The molecule has 1 amide bonds. The van der Waals surface area contributed by atoms with Crippen LogP contribution in [0.25, 0.3) is 11.4 Å². The summed E-state index contributed by atoms with van der Waals surface area (Å²) in [7, 11) is 0. The third kappa shape index (κ3) is 3.64. The van der Waals surface area contributed by atoms with E-state index in [1.54, 1.807) is 48.5 Å². The van der Waals surface area contributed by atoms with Crippen LogP contribution in [-0.2, 0) is 0 Å². The number of hydrogen-bond donors (Lipinski definition) is 1. The Morgan fingerprint density at radius 1 is 1.00 bits per heavy atom. The van der Waals surface area contributed by atoms with Gasteiger partial charge in [-0.3, -0.25) is 9.59 Å². The fraction of sp³-hybridized carbons (Fsp3) is 0. The molecule has 4 rings (SSSR count). The molecule has 0 aliphatic heterocycles. The standard InChI is InChI=1S/C18H12ClN7O2/c19-12-4-6-14(7-5-12)25-9-8-16(27)17(22-25)18(28)21-13-2-1-3-15(10-13)26-11-20-23-24-26/h1-11H,(H,21,28). The van der Waals surface area contributed by atoms with E-state index in [2.05, 4.69) is 25.9 Å². The molecule has 28 heavy (non-hydrogen) atoms. The van der Waals surface area contributed by atoms with Crippen LogP contribution in [0.5, 0.6) is 0 Å². The van der Waals surface area contributed by atoms with Crippen molar-refractivity contribution in [3.8, 4) is 11.4 Å². The highest BCUT2D eigenvalue weighted by molar-refractivity contribution is 6.30. The van der Waals surface area contributed by atoms with E-state index in [0.717, 1.165) is 0 Å². The Hall–Kier alpha value is -3.85. The van der Waals surface area contributed by atoms with E-state index in [4.69, 9.17) is 11.6 Å². The van der Waals surface area contributed by atoms with E-state index >= 15 is 0 Å². The quantitative estimate of drug-likeness (QED) is 0.569. The largest absolute Gasteiger partial charge is 0.320 e. The molecule has 0 aliphatic carbocycles. The number of nitrogens with one attached hydrogen (secondary N) is 1. The number of aromatic nitrogens is 6. The molecule has 0 fully saturated rings. The summed E-state index contributed by atoms with van der Waals surface area (Å²) >= 11 is 5.89. The first-order valence-electron chi connectivity index (χ1n) is 8.11. The molecular formula is C18H12ClN7O2. The molecule has 0 saturated heterocycles. The Bertz CT molecular complexity index is 1190. The molecule has 0 atom stereocenters. The molecule has 4 aromatic rings. The van der Waals surface area contributed by atoms with Crippen molar-refractivity contribution in [3.05, 3.63) is 88.1 Å². The number of anilines is 1. The van der Waals surface area contributed by atoms with Crippen LogP contribution in [0.1, 0.15) is 10.5 Å². The molecule has 2 heterocycles. The van der Waals surface area contributed by atoms with Gasteiger partial charge in [-0.2, -0.15) is 5.10 Å². The smallest absolute Gasteiger partial charge is 0.280 e. The first kappa shape index (κ1) is 17.6. The predicted molar refractivity (Wildman–Crippen MR) is 102 cm³/mol. The Morgan fingerprint density at radius 2 is 1.82 bits per heavy atom. The minimum Gasteiger partial charge on any atom is -0.320 e. The van der Waals surface area contributed by atoms with Crippen LogP contribution in [0, 0.1) is 0 Å². The number of hydrogen-bond acceptors (Lipinski definition) is 6. The summed E-state index contributed by atoms with van der Waals surface area (Å²) in [5, 5.41) is 18.3. The van der Waals surface area contributed by atoms with E-state index < -0.39 is 11.3 Å². The van der Waals surface area contributed by atoms with Gasteiger partial charge in [0.1, 0.15) is 6.33 Å². The van der Waals surface area contributed by atoms with E-state index in [1.165, 1.54) is 28.0 Å². The van der Waals surface area contributed by atoms with Crippen LogP contribution < -0.4 is 10.7 Å². The molecule has 0 spiro atoms. The molecule has 0 saturated carbocycles. The van der Waals surface area contributed by atoms with Gasteiger partial charge in [0.25, 0.3) is 5.91 Å². The Morgan fingerprint density at radius 3 is 2.57 bits per heavy atom. The fourth-order valence-corrected chi connectivity index (χ4v) is 2.62. The minimum atomic E-state index is -0.623. The first-order chi connectivity index (χ1) is 13.6. The van der Waals surface area contributed by atoms with Crippen molar-refractivity contribution in [3.63, 3.8) is 0 Å². The predicted octanol–water partition coefficient (Wildman–Crippen LogP) is 2.11. The van der Waals surface area contributed by atoms with Crippen LogP contribution in [0.2, 0.25) is 5.02 Å². The van der Waals surface area contributed by atoms with Gasteiger partial charge >= 0.3 is 0 Å².